The summed E-state index contributed by atoms with van der Waals surface area (Å²) in [5, 5.41) is 6.33. The van der Waals surface area contributed by atoms with Crippen LogP contribution in [0.2, 0.25) is 0 Å². The monoisotopic (exact) mass is 325 g/mol. The summed E-state index contributed by atoms with van der Waals surface area (Å²) in [6.07, 6.45) is 1.09. The van der Waals surface area contributed by atoms with Crippen LogP contribution in [0.1, 0.15) is 15.9 Å². The van der Waals surface area contributed by atoms with Crippen LogP contribution in [0, 0.1) is 6.92 Å². The number of hydrogen-bond acceptors (Lipinski definition) is 4. The number of anilines is 1. The molecule has 2 N–H and O–H groups in total. The molecule has 6 heteroatoms. The van der Waals surface area contributed by atoms with Crippen LogP contribution in [-0.2, 0) is 4.79 Å². The summed E-state index contributed by atoms with van der Waals surface area (Å²) in [6.45, 7) is 1.90. The minimum Gasteiger partial charge on any atom is -0.320 e. The molecule has 2 aromatic rings. The van der Waals surface area contributed by atoms with Gasteiger partial charge in [-0.3, -0.25) is 15.0 Å². The standard InChI is InChI=1S/C17H15N3O2S/c1-12-6-5-7-13(10-12)15(21)11-18-20-17(23)16(22)19-14-8-3-2-4-9-14/h2-11H,1H3,(H,19,22)(H,20,23)/b18-11+. The molecule has 0 fully saturated rings. The number of hydrazone groups is 1. The summed E-state index contributed by atoms with van der Waals surface area (Å²) in [5.41, 5.74) is 4.52. The van der Waals surface area contributed by atoms with E-state index in [1.807, 2.05) is 19.1 Å². The van der Waals surface area contributed by atoms with Gasteiger partial charge in [-0.2, -0.15) is 5.10 Å². The van der Waals surface area contributed by atoms with Crippen molar-refractivity contribution in [1.29, 1.82) is 0 Å². The highest BCUT2D eigenvalue weighted by atomic mass is 32.1. The van der Waals surface area contributed by atoms with E-state index in [4.69, 9.17) is 12.2 Å². The summed E-state index contributed by atoms with van der Waals surface area (Å²) >= 11 is 4.92. The Balaban J connectivity index is 1.88. The number of rotatable bonds is 4. The van der Waals surface area contributed by atoms with Crippen LogP contribution in [0.3, 0.4) is 0 Å². The zero-order valence-electron chi connectivity index (χ0n) is 12.4. The first-order valence-corrected chi connectivity index (χ1v) is 7.27. The third kappa shape index (κ3) is 5.12. The second kappa shape index (κ2) is 7.95. The van der Waals surface area contributed by atoms with Gasteiger partial charge in [0.2, 0.25) is 5.78 Å². The second-order valence-corrected chi connectivity index (χ2v) is 5.16. The fourth-order valence-corrected chi connectivity index (χ4v) is 1.89. The van der Waals surface area contributed by atoms with E-state index in [1.165, 1.54) is 0 Å². The maximum atomic E-state index is 11.9. The molecular weight excluding hydrogens is 310 g/mol. The highest BCUT2D eigenvalue weighted by Crippen LogP contribution is 2.05. The van der Waals surface area contributed by atoms with Crippen molar-refractivity contribution in [3.8, 4) is 0 Å². The molecule has 1 amide bonds. The summed E-state index contributed by atoms with van der Waals surface area (Å²) < 4.78 is 0. The number of para-hydroxylation sites is 1. The molecule has 5 nitrogen and oxygen atoms in total. The molecule has 0 aliphatic heterocycles. The molecule has 116 valence electrons. The minimum atomic E-state index is -0.494. The quantitative estimate of drug-likeness (QED) is 0.392. The lowest BCUT2D eigenvalue weighted by Crippen LogP contribution is -2.31. The summed E-state index contributed by atoms with van der Waals surface area (Å²) in [5.74, 6) is -0.765. The third-order valence-electron chi connectivity index (χ3n) is 2.89. The first kappa shape index (κ1) is 16.5. The zero-order valence-corrected chi connectivity index (χ0v) is 13.3. The maximum Gasteiger partial charge on any atom is 0.284 e. The molecular formula is C17H15N3O2S. The number of hydrogen-bond donors (Lipinski definition) is 2. The van der Waals surface area contributed by atoms with Gasteiger partial charge < -0.3 is 5.32 Å². The van der Waals surface area contributed by atoms with E-state index in [0.29, 0.717) is 11.3 Å². The van der Waals surface area contributed by atoms with Crippen LogP contribution in [-0.4, -0.2) is 22.9 Å². The molecule has 0 atom stereocenters. The van der Waals surface area contributed by atoms with Crippen molar-refractivity contribution in [2.45, 2.75) is 6.92 Å². The Morgan fingerprint density at radius 2 is 1.83 bits per heavy atom. The predicted octanol–water partition coefficient (Wildman–Crippen LogP) is 2.72. The lowest BCUT2D eigenvalue weighted by molar-refractivity contribution is -0.110. The Morgan fingerprint density at radius 1 is 1.09 bits per heavy atom. The highest BCUT2D eigenvalue weighted by molar-refractivity contribution is 7.82. The maximum absolute atomic E-state index is 11.9. The van der Waals surface area contributed by atoms with Crippen LogP contribution in [0.5, 0.6) is 0 Å². The van der Waals surface area contributed by atoms with Crippen LogP contribution >= 0.6 is 12.2 Å². The van der Waals surface area contributed by atoms with Gasteiger partial charge >= 0.3 is 0 Å². The average Bonchev–Trinajstić information content (AvgIpc) is 2.55. The SMILES string of the molecule is Cc1cccc(C(=O)/C=N/NC(=S)C(=O)Nc2ccccc2)c1. The van der Waals surface area contributed by atoms with E-state index in [2.05, 4.69) is 15.8 Å². The summed E-state index contributed by atoms with van der Waals surface area (Å²) in [4.78, 5) is 23.6. The van der Waals surface area contributed by atoms with Gasteiger partial charge in [0.1, 0.15) is 0 Å². The zero-order chi connectivity index (χ0) is 16.7. The number of Topliss-reactive ketones (excluding diaryl/α,β-unsaturated/α-hetero) is 1. The normalized spacial score (nSPS) is 10.3. The Morgan fingerprint density at radius 3 is 2.52 bits per heavy atom. The number of amides is 1. The van der Waals surface area contributed by atoms with Gasteiger partial charge in [-0.05, 0) is 25.1 Å². The second-order valence-electron chi connectivity index (χ2n) is 4.75. The number of aryl methyl sites for hydroxylation is 1. The van der Waals surface area contributed by atoms with Crippen LogP contribution in [0.15, 0.2) is 59.7 Å². The molecule has 0 unspecified atom stereocenters. The van der Waals surface area contributed by atoms with Crippen LogP contribution in [0.25, 0.3) is 0 Å². The molecule has 0 saturated carbocycles. The average molecular weight is 325 g/mol. The van der Waals surface area contributed by atoms with Gasteiger partial charge in [-0.1, -0.05) is 54.2 Å². The van der Waals surface area contributed by atoms with Crippen molar-refractivity contribution in [2.75, 3.05) is 5.32 Å². The summed E-state index contributed by atoms with van der Waals surface area (Å²) in [6, 6.07) is 16.1. The molecule has 2 rings (SSSR count). The van der Waals surface area contributed by atoms with E-state index >= 15 is 0 Å². The number of nitrogens with one attached hydrogen (secondary N) is 2. The molecule has 2 aromatic carbocycles. The van der Waals surface area contributed by atoms with Crippen LogP contribution in [0.4, 0.5) is 5.69 Å². The van der Waals surface area contributed by atoms with Gasteiger partial charge in [0.15, 0.2) is 4.99 Å². The Kier molecular flexibility index (Phi) is 5.71. The molecule has 0 bridgehead atoms. The van der Waals surface area contributed by atoms with E-state index in [0.717, 1.165) is 11.8 Å². The Bertz CT molecular complexity index is 757. The molecule has 0 aliphatic carbocycles. The number of carbonyl (C=O) groups excluding carboxylic acids is 2. The van der Waals surface area contributed by atoms with Gasteiger partial charge in [0, 0.05) is 11.3 Å². The summed E-state index contributed by atoms with van der Waals surface area (Å²) in [7, 11) is 0. The molecule has 0 aromatic heterocycles. The fourth-order valence-electron chi connectivity index (χ4n) is 1.78. The number of ketones is 1. The molecule has 0 aliphatic rings. The van der Waals surface area contributed by atoms with Crippen molar-refractivity contribution in [1.82, 2.24) is 5.43 Å². The van der Waals surface area contributed by atoms with Gasteiger partial charge in [0.05, 0.1) is 6.21 Å². The topological polar surface area (TPSA) is 70.6 Å². The third-order valence-corrected chi connectivity index (χ3v) is 3.17. The van der Waals surface area contributed by atoms with Crippen molar-refractivity contribution < 1.29 is 9.59 Å². The Labute approximate surface area is 139 Å². The number of nitrogens with zero attached hydrogens (tertiary/aromatic N) is 1. The van der Waals surface area contributed by atoms with Gasteiger partial charge in [-0.15, -0.1) is 0 Å². The molecule has 0 heterocycles. The molecule has 0 saturated heterocycles. The Hall–Kier alpha value is -2.86. The predicted molar refractivity (Wildman–Crippen MR) is 94.8 cm³/mol. The molecule has 0 radical (unpaired) electrons. The first-order chi connectivity index (χ1) is 11.1. The number of thiocarbonyl (C=S) groups is 1. The number of carbonyl (C=O) groups is 2. The van der Waals surface area contributed by atoms with Crippen molar-refractivity contribution in [2.24, 2.45) is 5.10 Å². The molecule has 23 heavy (non-hydrogen) atoms. The van der Waals surface area contributed by atoms with E-state index < -0.39 is 5.91 Å². The smallest absolute Gasteiger partial charge is 0.284 e. The lowest BCUT2D eigenvalue weighted by Gasteiger charge is -2.05. The van der Waals surface area contributed by atoms with E-state index in [1.54, 1.807) is 42.5 Å². The van der Waals surface area contributed by atoms with E-state index in [-0.39, 0.29) is 10.8 Å². The first-order valence-electron chi connectivity index (χ1n) is 6.86. The fraction of sp³-hybridized carbons (Fsp3) is 0.0588. The highest BCUT2D eigenvalue weighted by Gasteiger charge is 2.08. The van der Waals surface area contributed by atoms with Gasteiger partial charge in [-0.25, -0.2) is 0 Å². The largest absolute Gasteiger partial charge is 0.320 e. The van der Waals surface area contributed by atoms with Crippen LogP contribution < -0.4 is 10.7 Å². The van der Waals surface area contributed by atoms with E-state index in [9.17, 15) is 9.59 Å². The minimum absolute atomic E-state index is 0.123. The molecule has 0 spiro atoms. The van der Waals surface area contributed by atoms with Crippen molar-refractivity contribution in [3.63, 3.8) is 0 Å². The number of benzene rings is 2. The van der Waals surface area contributed by atoms with Crippen molar-refractivity contribution >= 4 is 40.8 Å². The lowest BCUT2D eigenvalue weighted by atomic mass is 10.1. The van der Waals surface area contributed by atoms with Crippen molar-refractivity contribution in [3.05, 3.63) is 65.7 Å². The van der Waals surface area contributed by atoms with Gasteiger partial charge in [0.25, 0.3) is 5.91 Å².